The fraction of sp³-hybridized carbons (Fsp3) is 0.474. The van der Waals surface area contributed by atoms with Crippen LogP contribution in [-0.2, 0) is 11.2 Å². The van der Waals surface area contributed by atoms with Crippen molar-refractivity contribution in [2.24, 2.45) is 0 Å². The molecular weight excluding hydrogens is 318 g/mol. The van der Waals surface area contributed by atoms with Gasteiger partial charge in [0.15, 0.2) is 0 Å². The third-order valence-electron chi connectivity index (χ3n) is 5.01. The molecule has 6 nitrogen and oxygen atoms in total. The van der Waals surface area contributed by atoms with E-state index in [2.05, 4.69) is 23.2 Å². The Morgan fingerprint density at radius 2 is 2.08 bits per heavy atom. The molecule has 3 rings (SSSR count). The zero-order valence-electron chi connectivity index (χ0n) is 15.3. The Morgan fingerprint density at radius 1 is 1.32 bits per heavy atom. The van der Waals surface area contributed by atoms with Crippen molar-refractivity contribution in [2.45, 2.75) is 26.3 Å². The van der Waals surface area contributed by atoms with Crippen LogP contribution in [0.2, 0.25) is 0 Å². The molecule has 25 heavy (non-hydrogen) atoms. The van der Waals surface area contributed by atoms with Gasteiger partial charge in [0.25, 0.3) is 0 Å². The molecule has 1 amide bonds. The predicted molar refractivity (Wildman–Crippen MR) is 94.6 cm³/mol. The van der Waals surface area contributed by atoms with E-state index in [1.54, 1.807) is 7.11 Å². The van der Waals surface area contributed by atoms with Crippen molar-refractivity contribution in [3.63, 3.8) is 0 Å². The Kier molecular flexibility index (Phi) is 5.08. The number of carbonyl (C=O) groups excluding carboxylic acids is 1. The first kappa shape index (κ1) is 17.5. The fourth-order valence-electron chi connectivity index (χ4n) is 3.40. The smallest absolute Gasteiger partial charge is 0.227 e. The summed E-state index contributed by atoms with van der Waals surface area (Å²) in [6.45, 7) is 5.93. The second kappa shape index (κ2) is 7.27. The number of aryl methyl sites for hydroxylation is 2. The third kappa shape index (κ3) is 3.54. The van der Waals surface area contributed by atoms with Crippen LogP contribution in [0.1, 0.15) is 28.6 Å². The molecule has 1 fully saturated rings. The molecule has 0 aliphatic carbocycles. The quantitative estimate of drug-likeness (QED) is 0.853. The predicted octanol–water partition coefficient (Wildman–Crippen LogP) is 2.36. The molecule has 0 unspecified atom stereocenters. The number of amides is 1. The van der Waals surface area contributed by atoms with Crippen molar-refractivity contribution in [1.29, 1.82) is 0 Å². The first-order valence-electron chi connectivity index (χ1n) is 8.54. The number of likely N-dealkylation sites (N-methyl/N-ethyl adjacent to an activating group) is 1. The molecule has 1 aliphatic heterocycles. The molecule has 2 aromatic rings. The van der Waals surface area contributed by atoms with E-state index in [0.29, 0.717) is 13.0 Å². The maximum atomic E-state index is 12.8. The van der Waals surface area contributed by atoms with Crippen LogP contribution >= 0.6 is 0 Å². The number of hydrogen-bond donors (Lipinski definition) is 0. The third-order valence-corrected chi connectivity index (χ3v) is 5.01. The SMILES string of the molecule is COc1ccccc1[C@@H]1CN(C(=O)Cc2c(C)noc2C)CCN1C. The van der Waals surface area contributed by atoms with Crippen LogP contribution in [0.15, 0.2) is 28.8 Å². The number of piperazine rings is 1. The molecule has 0 bridgehead atoms. The van der Waals surface area contributed by atoms with Crippen LogP contribution in [0.3, 0.4) is 0 Å². The number of carbonyl (C=O) groups is 1. The molecule has 0 saturated carbocycles. The van der Waals surface area contributed by atoms with Crippen molar-refractivity contribution >= 4 is 5.91 Å². The highest BCUT2D eigenvalue weighted by molar-refractivity contribution is 5.79. The minimum absolute atomic E-state index is 0.113. The van der Waals surface area contributed by atoms with Gasteiger partial charge in [-0.1, -0.05) is 23.4 Å². The average Bonchev–Trinajstić information content (AvgIpc) is 2.94. The number of nitrogens with zero attached hydrogens (tertiary/aromatic N) is 3. The highest BCUT2D eigenvalue weighted by Crippen LogP contribution is 2.31. The summed E-state index contributed by atoms with van der Waals surface area (Å²) in [4.78, 5) is 17.0. The van der Waals surface area contributed by atoms with Crippen LogP contribution in [0.4, 0.5) is 0 Å². The molecule has 2 heterocycles. The molecule has 0 spiro atoms. The van der Waals surface area contributed by atoms with E-state index in [-0.39, 0.29) is 11.9 Å². The van der Waals surface area contributed by atoms with Crippen LogP contribution in [0.25, 0.3) is 0 Å². The fourth-order valence-corrected chi connectivity index (χ4v) is 3.40. The number of ether oxygens (including phenoxy) is 1. The van der Waals surface area contributed by atoms with Gasteiger partial charge in [0.2, 0.25) is 5.91 Å². The maximum Gasteiger partial charge on any atom is 0.227 e. The summed E-state index contributed by atoms with van der Waals surface area (Å²) in [5.41, 5.74) is 2.81. The Labute approximate surface area is 148 Å². The highest BCUT2D eigenvalue weighted by atomic mass is 16.5. The van der Waals surface area contributed by atoms with Crippen molar-refractivity contribution < 1.29 is 14.1 Å². The second-order valence-electron chi connectivity index (χ2n) is 6.56. The minimum atomic E-state index is 0.113. The number of benzene rings is 1. The van der Waals surface area contributed by atoms with Crippen LogP contribution in [0.5, 0.6) is 5.75 Å². The van der Waals surface area contributed by atoms with Gasteiger partial charge >= 0.3 is 0 Å². The van der Waals surface area contributed by atoms with E-state index in [0.717, 1.165) is 41.4 Å². The molecule has 1 atom stereocenters. The lowest BCUT2D eigenvalue weighted by Crippen LogP contribution is -2.49. The van der Waals surface area contributed by atoms with Gasteiger partial charge in [-0.05, 0) is 27.0 Å². The lowest BCUT2D eigenvalue weighted by molar-refractivity contribution is -0.133. The minimum Gasteiger partial charge on any atom is -0.496 e. The van der Waals surface area contributed by atoms with E-state index < -0.39 is 0 Å². The van der Waals surface area contributed by atoms with Crippen LogP contribution < -0.4 is 4.74 Å². The summed E-state index contributed by atoms with van der Waals surface area (Å²) in [5, 5.41) is 3.94. The Morgan fingerprint density at radius 3 is 2.76 bits per heavy atom. The molecule has 1 aliphatic rings. The monoisotopic (exact) mass is 343 g/mol. The van der Waals surface area contributed by atoms with Gasteiger partial charge in [0.1, 0.15) is 11.5 Å². The summed E-state index contributed by atoms with van der Waals surface area (Å²) >= 11 is 0. The standard InChI is InChI=1S/C19H25N3O3/c1-13-16(14(2)25-20-13)11-19(23)22-10-9-21(3)17(12-22)15-7-5-6-8-18(15)24-4/h5-8,17H,9-12H2,1-4H3/t17-/m0/s1. The van der Waals surface area contributed by atoms with Gasteiger partial charge in [0.05, 0.1) is 25.3 Å². The summed E-state index contributed by atoms with van der Waals surface area (Å²) in [6.07, 6.45) is 0.337. The molecule has 6 heteroatoms. The number of para-hydroxylation sites is 1. The van der Waals surface area contributed by atoms with Crippen molar-refractivity contribution in [2.75, 3.05) is 33.8 Å². The van der Waals surface area contributed by atoms with E-state index in [1.165, 1.54) is 0 Å². The lowest BCUT2D eigenvalue weighted by Gasteiger charge is -2.40. The van der Waals surface area contributed by atoms with Crippen LogP contribution in [0, 0.1) is 13.8 Å². The topological polar surface area (TPSA) is 58.8 Å². The summed E-state index contributed by atoms with van der Waals surface area (Å²) in [6, 6.07) is 8.14. The zero-order valence-corrected chi connectivity index (χ0v) is 15.3. The molecule has 1 saturated heterocycles. The largest absolute Gasteiger partial charge is 0.496 e. The number of methoxy groups -OCH3 is 1. The lowest BCUT2D eigenvalue weighted by atomic mass is 10.0. The van der Waals surface area contributed by atoms with E-state index in [1.807, 2.05) is 36.9 Å². The average molecular weight is 343 g/mol. The van der Waals surface area contributed by atoms with Gasteiger partial charge in [-0.25, -0.2) is 0 Å². The summed E-state index contributed by atoms with van der Waals surface area (Å²) in [7, 11) is 3.77. The second-order valence-corrected chi connectivity index (χ2v) is 6.56. The van der Waals surface area contributed by atoms with Crippen molar-refractivity contribution in [3.05, 3.63) is 46.8 Å². The van der Waals surface area contributed by atoms with Crippen LogP contribution in [-0.4, -0.2) is 54.7 Å². The van der Waals surface area contributed by atoms with Crippen molar-refractivity contribution in [1.82, 2.24) is 15.0 Å². The number of rotatable bonds is 4. The number of aromatic nitrogens is 1. The maximum absolute atomic E-state index is 12.8. The molecule has 1 aromatic carbocycles. The van der Waals surface area contributed by atoms with E-state index in [4.69, 9.17) is 9.26 Å². The van der Waals surface area contributed by atoms with Gasteiger partial charge in [-0.2, -0.15) is 0 Å². The first-order chi connectivity index (χ1) is 12.0. The number of hydrogen-bond acceptors (Lipinski definition) is 5. The molecule has 1 aromatic heterocycles. The Hall–Kier alpha value is -2.34. The Balaban J connectivity index is 1.77. The van der Waals surface area contributed by atoms with Gasteiger partial charge in [-0.15, -0.1) is 0 Å². The van der Waals surface area contributed by atoms with E-state index >= 15 is 0 Å². The van der Waals surface area contributed by atoms with Gasteiger partial charge in [-0.3, -0.25) is 9.69 Å². The summed E-state index contributed by atoms with van der Waals surface area (Å²) < 4.78 is 10.7. The Bertz CT molecular complexity index is 737. The molecule has 0 N–H and O–H groups in total. The molecule has 0 radical (unpaired) electrons. The molecular formula is C19H25N3O3. The van der Waals surface area contributed by atoms with Gasteiger partial charge in [0, 0.05) is 30.8 Å². The zero-order chi connectivity index (χ0) is 18.0. The van der Waals surface area contributed by atoms with Gasteiger partial charge < -0.3 is 14.2 Å². The van der Waals surface area contributed by atoms with Crippen molar-refractivity contribution in [3.8, 4) is 5.75 Å². The molecule has 134 valence electrons. The first-order valence-corrected chi connectivity index (χ1v) is 8.54. The van der Waals surface area contributed by atoms with E-state index in [9.17, 15) is 4.79 Å². The highest BCUT2D eigenvalue weighted by Gasteiger charge is 2.30. The normalized spacial score (nSPS) is 18.4. The summed E-state index contributed by atoms with van der Waals surface area (Å²) in [5.74, 6) is 1.70.